The maximum atomic E-state index is 13.1. The van der Waals surface area contributed by atoms with Crippen molar-refractivity contribution in [2.45, 2.75) is 19.5 Å². The number of aromatic nitrogens is 1. The maximum Gasteiger partial charge on any atom is 0.418 e. The van der Waals surface area contributed by atoms with Crippen LogP contribution in [0.4, 0.5) is 18.9 Å². The predicted molar refractivity (Wildman–Crippen MR) is 97.0 cm³/mol. The highest BCUT2D eigenvalue weighted by Gasteiger charge is 2.33. The number of methoxy groups -OCH3 is 1. The number of aryl methyl sites for hydroxylation is 1. The molecule has 3 rings (SSSR count). The Morgan fingerprint density at radius 1 is 1.14 bits per heavy atom. The molecule has 0 spiro atoms. The topological polar surface area (TPSA) is 64.4 Å². The van der Waals surface area contributed by atoms with Gasteiger partial charge in [0.25, 0.3) is 0 Å². The van der Waals surface area contributed by atoms with Gasteiger partial charge in [-0.1, -0.05) is 24.3 Å². The third-order valence-corrected chi connectivity index (χ3v) is 4.06. The van der Waals surface area contributed by atoms with Crippen LogP contribution >= 0.6 is 0 Å². The lowest BCUT2D eigenvalue weighted by Gasteiger charge is -2.13. The minimum atomic E-state index is -4.56. The fourth-order valence-corrected chi connectivity index (χ4v) is 2.71. The minimum Gasteiger partial charge on any atom is -0.496 e. The van der Waals surface area contributed by atoms with E-state index < -0.39 is 17.6 Å². The molecule has 0 aliphatic rings. The van der Waals surface area contributed by atoms with Crippen molar-refractivity contribution in [3.8, 4) is 17.2 Å². The van der Waals surface area contributed by atoms with Gasteiger partial charge in [-0.2, -0.15) is 13.2 Å². The second kappa shape index (κ2) is 7.75. The summed E-state index contributed by atoms with van der Waals surface area (Å²) < 4.78 is 50.1. The smallest absolute Gasteiger partial charge is 0.418 e. The zero-order valence-electron chi connectivity index (χ0n) is 15.1. The molecule has 2 aromatic carbocycles. The van der Waals surface area contributed by atoms with Gasteiger partial charge in [0, 0.05) is 0 Å². The van der Waals surface area contributed by atoms with Crippen molar-refractivity contribution < 1.29 is 27.1 Å². The van der Waals surface area contributed by atoms with Crippen molar-refractivity contribution in [3.63, 3.8) is 0 Å². The first-order valence-corrected chi connectivity index (χ1v) is 8.35. The molecule has 0 saturated heterocycles. The van der Waals surface area contributed by atoms with Crippen LogP contribution in [0.1, 0.15) is 17.0 Å². The number of nitrogens with zero attached hydrogens (tertiary/aromatic N) is 1. The molecule has 0 bridgehead atoms. The number of para-hydroxylation sites is 2. The molecule has 8 heteroatoms. The lowest BCUT2D eigenvalue weighted by Crippen LogP contribution is -2.18. The van der Waals surface area contributed by atoms with E-state index in [-0.39, 0.29) is 18.0 Å². The Hall–Kier alpha value is -3.29. The van der Waals surface area contributed by atoms with Crippen LogP contribution in [0, 0.1) is 6.92 Å². The van der Waals surface area contributed by atoms with Crippen LogP contribution in [-0.2, 0) is 17.4 Å². The third-order valence-electron chi connectivity index (χ3n) is 4.06. The van der Waals surface area contributed by atoms with Crippen LogP contribution < -0.4 is 10.1 Å². The average molecular weight is 390 g/mol. The average Bonchev–Trinajstić information content (AvgIpc) is 3.01. The standard InChI is InChI=1S/C20H17F3N2O3/c1-12-16(25-19(28-12)13-7-3-6-10-17(13)27-2)11-18(26)24-15-9-5-4-8-14(15)20(21,22)23/h3-10H,11H2,1-2H3,(H,24,26). The van der Waals surface area contributed by atoms with Crippen LogP contribution in [0.3, 0.4) is 0 Å². The highest BCUT2D eigenvalue weighted by molar-refractivity contribution is 5.93. The highest BCUT2D eigenvalue weighted by Crippen LogP contribution is 2.35. The summed E-state index contributed by atoms with van der Waals surface area (Å²) in [6.07, 6.45) is -4.79. The molecule has 28 heavy (non-hydrogen) atoms. The molecule has 0 fully saturated rings. The number of nitrogens with one attached hydrogen (secondary N) is 1. The van der Waals surface area contributed by atoms with Gasteiger partial charge in [0.05, 0.1) is 36.0 Å². The zero-order valence-corrected chi connectivity index (χ0v) is 15.1. The van der Waals surface area contributed by atoms with E-state index in [0.717, 1.165) is 6.07 Å². The van der Waals surface area contributed by atoms with Crippen molar-refractivity contribution >= 4 is 11.6 Å². The van der Waals surface area contributed by atoms with Gasteiger partial charge in [-0.15, -0.1) is 0 Å². The maximum absolute atomic E-state index is 13.1. The molecule has 1 heterocycles. The summed E-state index contributed by atoms with van der Waals surface area (Å²) in [5, 5.41) is 2.30. The number of benzene rings is 2. The van der Waals surface area contributed by atoms with E-state index >= 15 is 0 Å². The third kappa shape index (κ3) is 4.16. The fraction of sp³-hybridized carbons (Fsp3) is 0.200. The van der Waals surface area contributed by atoms with Gasteiger partial charge in [0.2, 0.25) is 11.8 Å². The number of alkyl halides is 3. The molecule has 1 aromatic heterocycles. The minimum absolute atomic E-state index is 0.226. The monoisotopic (exact) mass is 390 g/mol. The quantitative estimate of drug-likeness (QED) is 0.676. The molecule has 0 aliphatic heterocycles. The number of hydrogen-bond donors (Lipinski definition) is 1. The summed E-state index contributed by atoms with van der Waals surface area (Å²) >= 11 is 0. The van der Waals surface area contributed by atoms with Gasteiger partial charge in [-0.3, -0.25) is 4.79 Å². The lowest BCUT2D eigenvalue weighted by molar-refractivity contribution is -0.137. The van der Waals surface area contributed by atoms with E-state index in [0.29, 0.717) is 22.8 Å². The first-order chi connectivity index (χ1) is 13.3. The molecular formula is C20H17F3N2O3. The first kappa shape index (κ1) is 19.5. The molecule has 0 unspecified atom stereocenters. The number of amides is 1. The van der Waals surface area contributed by atoms with Crippen molar-refractivity contribution in [1.82, 2.24) is 4.98 Å². The Labute approximate surface area is 159 Å². The molecule has 3 aromatic rings. The summed E-state index contributed by atoms with van der Waals surface area (Å²) in [6.45, 7) is 1.64. The lowest BCUT2D eigenvalue weighted by atomic mass is 10.1. The molecule has 146 valence electrons. The molecule has 0 aliphatic carbocycles. The summed E-state index contributed by atoms with van der Waals surface area (Å²) in [6, 6.07) is 11.9. The number of hydrogen-bond acceptors (Lipinski definition) is 4. The normalized spacial score (nSPS) is 11.3. The van der Waals surface area contributed by atoms with E-state index in [1.165, 1.54) is 25.3 Å². The van der Waals surface area contributed by atoms with Crippen molar-refractivity contribution in [2.24, 2.45) is 0 Å². The van der Waals surface area contributed by atoms with Gasteiger partial charge in [0.15, 0.2) is 0 Å². The Morgan fingerprint density at radius 3 is 2.54 bits per heavy atom. The van der Waals surface area contributed by atoms with Gasteiger partial charge in [-0.25, -0.2) is 4.98 Å². The second-order valence-corrected chi connectivity index (χ2v) is 5.99. The second-order valence-electron chi connectivity index (χ2n) is 5.99. The van der Waals surface area contributed by atoms with E-state index in [9.17, 15) is 18.0 Å². The van der Waals surface area contributed by atoms with Crippen LogP contribution in [0.5, 0.6) is 5.75 Å². The van der Waals surface area contributed by atoms with Gasteiger partial charge < -0.3 is 14.5 Å². The molecule has 5 nitrogen and oxygen atoms in total. The molecule has 1 amide bonds. The number of ether oxygens (including phenoxy) is 1. The van der Waals surface area contributed by atoms with Gasteiger partial charge in [0.1, 0.15) is 11.5 Å². The van der Waals surface area contributed by atoms with Crippen LogP contribution in [0.2, 0.25) is 0 Å². The number of carbonyl (C=O) groups is 1. The molecule has 1 N–H and O–H groups in total. The van der Waals surface area contributed by atoms with Crippen molar-refractivity contribution in [3.05, 3.63) is 65.5 Å². The summed E-state index contributed by atoms with van der Waals surface area (Å²) in [7, 11) is 1.51. The number of halogens is 3. The highest BCUT2D eigenvalue weighted by atomic mass is 19.4. The van der Waals surface area contributed by atoms with E-state index in [2.05, 4.69) is 10.3 Å². The summed E-state index contributed by atoms with van der Waals surface area (Å²) in [5.74, 6) is 0.604. The molecule has 0 radical (unpaired) electrons. The largest absolute Gasteiger partial charge is 0.496 e. The van der Waals surface area contributed by atoms with Crippen LogP contribution in [0.25, 0.3) is 11.5 Å². The van der Waals surface area contributed by atoms with E-state index in [1.807, 2.05) is 0 Å². The number of anilines is 1. The first-order valence-electron chi connectivity index (χ1n) is 8.35. The fourth-order valence-electron chi connectivity index (χ4n) is 2.71. The zero-order chi connectivity index (χ0) is 20.3. The number of rotatable bonds is 5. The molecular weight excluding hydrogens is 373 g/mol. The van der Waals surface area contributed by atoms with Crippen LogP contribution in [-0.4, -0.2) is 18.0 Å². The van der Waals surface area contributed by atoms with Crippen molar-refractivity contribution in [2.75, 3.05) is 12.4 Å². The Balaban J connectivity index is 1.80. The molecule has 0 saturated carbocycles. The Bertz CT molecular complexity index is 996. The van der Waals surface area contributed by atoms with Crippen LogP contribution in [0.15, 0.2) is 52.9 Å². The predicted octanol–water partition coefficient (Wildman–Crippen LogP) is 4.86. The number of oxazole rings is 1. The Morgan fingerprint density at radius 2 is 1.82 bits per heavy atom. The Kier molecular flexibility index (Phi) is 5.39. The number of carbonyl (C=O) groups excluding carboxylic acids is 1. The van der Waals surface area contributed by atoms with Crippen molar-refractivity contribution in [1.29, 1.82) is 0 Å². The van der Waals surface area contributed by atoms with Gasteiger partial charge >= 0.3 is 6.18 Å². The van der Waals surface area contributed by atoms with E-state index in [1.54, 1.807) is 31.2 Å². The van der Waals surface area contributed by atoms with E-state index in [4.69, 9.17) is 9.15 Å². The summed E-state index contributed by atoms with van der Waals surface area (Å²) in [5.41, 5.74) is -0.258. The SMILES string of the molecule is COc1ccccc1-c1nc(CC(=O)Nc2ccccc2C(F)(F)F)c(C)o1. The van der Waals surface area contributed by atoms with Gasteiger partial charge in [-0.05, 0) is 31.2 Å². The molecule has 0 atom stereocenters. The summed E-state index contributed by atoms with van der Waals surface area (Å²) in [4.78, 5) is 16.6.